The van der Waals surface area contributed by atoms with Crippen LogP contribution in [-0.2, 0) is 11.3 Å². The van der Waals surface area contributed by atoms with Crippen molar-refractivity contribution in [3.63, 3.8) is 0 Å². The third-order valence-electron chi connectivity index (χ3n) is 6.52. The Kier molecular flexibility index (Phi) is 8.92. The number of nitrogens with one attached hydrogen (secondary N) is 1. The smallest absolute Gasteiger partial charge is 0.324 e. The quantitative estimate of drug-likeness (QED) is 0.440. The first kappa shape index (κ1) is 27.8. The Morgan fingerprint density at radius 3 is 2.21 bits per heavy atom. The number of nitrogens with zero attached hydrogens (tertiary/aromatic N) is 4. The molecule has 0 unspecified atom stereocenters. The molecule has 0 atom stereocenters. The topological polar surface area (TPSA) is 85.9 Å². The fourth-order valence-electron chi connectivity index (χ4n) is 4.18. The van der Waals surface area contributed by atoms with Gasteiger partial charge in [-0.2, -0.15) is 8.78 Å². The van der Waals surface area contributed by atoms with Crippen molar-refractivity contribution in [3.05, 3.63) is 83.9 Å². The lowest BCUT2D eigenvalue weighted by Crippen LogP contribution is -2.52. The van der Waals surface area contributed by atoms with Crippen LogP contribution in [-0.4, -0.2) is 78.7 Å². The molecule has 8 nitrogen and oxygen atoms in total. The summed E-state index contributed by atoms with van der Waals surface area (Å²) in [5.41, 5.74) is 2.56. The lowest BCUT2D eigenvalue weighted by atomic mass is 10.1. The highest BCUT2D eigenvalue weighted by atomic mass is 19.3. The summed E-state index contributed by atoms with van der Waals surface area (Å²) in [5.74, 6) is -3.02. The molecule has 11 heteroatoms. The van der Waals surface area contributed by atoms with Gasteiger partial charge in [0.25, 0.3) is 5.91 Å². The van der Waals surface area contributed by atoms with E-state index in [0.717, 1.165) is 17.2 Å². The van der Waals surface area contributed by atoms with Crippen LogP contribution < -0.4 is 10.2 Å². The number of likely N-dealkylation sites (N-methyl/N-ethyl adjacent to an activating group) is 1. The molecule has 0 spiro atoms. The van der Waals surface area contributed by atoms with E-state index in [0.29, 0.717) is 31.9 Å². The molecule has 1 saturated heterocycles. The highest BCUT2D eigenvalue weighted by Gasteiger charge is 2.26. The third kappa shape index (κ3) is 6.99. The van der Waals surface area contributed by atoms with E-state index >= 15 is 4.39 Å². The molecule has 3 aromatic rings. The number of alkyl halides is 2. The molecule has 3 amide bonds. The van der Waals surface area contributed by atoms with Gasteiger partial charge in [-0.15, -0.1) is 0 Å². The molecular weight excluding hydrogens is 511 g/mol. The van der Waals surface area contributed by atoms with Crippen LogP contribution in [0.3, 0.4) is 0 Å². The van der Waals surface area contributed by atoms with Crippen molar-refractivity contribution in [1.82, 2.24) is 20.1 Å². The third-order valence-corrected chi connectivity index (χ3v) is 6.52. The normalized spacial score (nSPS) is 13.8. The molecule has 0 aliphatic carbocycles. The Balaban J connectivity index is 1.56. The highest BCUT2D eigenvalue weighted by Crippen LogP contribution is 2.26. The van der Waals surface area contributed by atoms with E-state index < -0.39 is 30.5 Å². The molecule has 1 aliphatic rings. The standard InChI is InChI=1S/C28H28F3N5O3/c1-34-12-14-35(15-13-34)28(39)36(23-6-4-19(5-7-23)20-8-10-32-11-9-20)18-22-3-2-21(16-24(22)29)25(37)17-33-27(38)26(30)31/h2-11,16,26H,12-15,17-18H2,1H3,(H,33,38). The van der Waals surface area contributed by atoms with Gasteiger partial charge in [-0.1, -0.05) is 24.3 Å². The zero-order valence-electron chi connectivity index (χ0n) is 21.3. The monoisotopic (exact) mass is 539 g/mol. The maximum atomic E-state index is 15.1. The summed E-state index contributed by atoms with van der Waals surface area (Å²) in [4.78, 5) is 46.3. The highest BCUT2D eigenvalue weighted by molar-refractivity contribution is 5.99. The van der Waals surface area contributed by atoms with Gasteiger partial charge in [0.1, 0.15) is 5.82 Å². The number of urea groups is 1. The molecule has 0 radical (unpaired) electrons. The number of piperazine rings is 1. The number of Topliss-reactive ketones (excluding diaryl/α,β-unsaturated/α-hetero) is 1. The molecule has 204 valence electrons. The summed E-state index contributed by atoms with van der Waals surface area (Å²) in [7, 11) is 1.98. The van der Waals surface area contributed by atoms with Crippen molar-refractivity contribution in [2.24, 2.45) is 0 Å². The number of amides is 3. The lowest BCUT2D eigenvalue weighted by molar-refractivity contribution is -0.131. The first-order chi connectivity index (χ1) is 18.7. The van der Waals surface area contributed by atoms with E-state index in [2.05, 4.69) is 9.88 Å². The number of aromatic nitrogens is 1. The SMILES string of the molecule is CN1CCN(C(=O)N(Cc2ccc(C(=O)CNC(=O)C(F)F)cc2F)c2ccc(-c3ccncc3)cc2)CC1. The number of pyridine rings is 1. The zero-order chi connectivity index (χ0) is 27.9. The summed E-state index contributed by atoms with van der Waals surface area (Å²) in [6.07, 6.45) is 0.131. The minimum absolute atomic E-state index is 0.0792. The summed E-state index contributed by atoms with van der Waals surface area (Å²) in [6, 6.07) is 14.5. The molecular formula is C28H28F3N5O3. The molecule has 1 fully saturated rings. The number of rotatable bonds is 8. The summed E-state index contributed by atoms with van der Waals surface area (Å²) >= 11 is 0. The van der Waals surface area contributed by atoms with Crippen LogP contribution in [0.2, 0.25) is 0 Å². The van der Waals surface area contributed by atoms with Crippen molar-refractivity contribution in [1.29, 1.82) is 0 Å². The number of ketones is 1. The number of halogens is 3. The van der Waals surface area contributed by atoms with Crippen LogP contribution in [0.25, 0.3) is 11.1 Å². The molecule has 1 aliphatic heterocycles. The Morgan fingerprint density at radius 2 is 1.59 bits per heavy atom. The van der Waals surface area contributed by atoms with Gasteiger partial charge >= 0.3 is 12.5 Å². The van der Waals surface area contributed by atoms with Crippen molar-refractivity contribution < 1.29 is 27.6 Å². The number of carbonyl (C=O) groups is 3. The van der Waals surface area contributed by atoms with E-state index in [1.54, 1.807) is 29.4 Å². The predicted molar refractivity (Wildman–Crippen MR) is 140 cm³/mol. The van der Waals surface area contributed by atoms with E-state index in [1.807, 2.05) is 36.6 Å². The molecule has 2 aromatic carbocycles. The predicted octanol–water partition coefficient (Wildman–Crippen LogP) is 3.83. The maximum absolute atomic E-state index is 15.1. The van der Waals surface area contributed by atoms with Gasteiger partial charge in [-0.05, 0) is 48.5 Å². The Morgan fingerprint density at radius 1 is 0.949 bits per heavy atom. The van der Waals surface area contributed by atoms with Crippen LogP contribution in [0.5, 0.6) is 0 Å². The van der Waals surface area contributed by atoms with E-state index in [-0.39, 0.29) is 23.7 Å². The second-order valence-corrected chi connectivity index (χ2v) is 9.19. The van der Waals surface area contributed by atoms with E-state index in [9.17, 15) is 23.2 Å². The second kappa shape index (κ2) is 12.5. The van der Waals surface area contributed by atoms with Crippen molar-refractivity contribution in [2.75, 3.05) is 44.7 Å². The van der Waals surface area contributed by atoms with Crippen LogP contribution in [0.1, 0.15) is 15.9 Å². The van der Waals surface area contributed by atoms with Gasteiger partial charge < -0.3 is 15.1 Å². The van der Waals surface area contributed by atoms with Crippen LogP contribution in [0.4, 0.5) is 23.7 Å². The van der Waals surface area contributed by atoms with Crippen LogP contribution in [0.15, 0.2) is 67.0 Å². The fourth-order valence-corrected chi connectivity index (χ4v) is 4.18. The van der Waals surface area contributed by atoms with Gasteiger partial charge in [-0.25, -0.2) is 9.18 Å². The van der Waals surface area contributed by atoms with Gasteiger partial charge in [0, 0.05) is 55.4 Å². The van der Waals surface area contributed by atoms with Crippen molar-refractivity contribution in [3.8, 4) is 11.1 Å². The average Bonchev–Trinajstić information content (AvgIpc) is 2.95. The first-order valence-corrected chi connectivity index (χ1v) is 12.4. The number of hydrogen-bond acceptors (Lipinski definition) is 5. The number of hydrogen-bond donors (Lipinski definition) is 1. The van der Waals surface area contributed by atoms with Crippen molar-refractivity contribution >= 4 is 23.4 Å². The first-order valence-electron chi connectivity index (χ1n) is 12.4. The van der Waals surface area contributed by atoms with Crippen LogP contribution in [0, 0.1) is 5.82 Å². The minimum atomic E-state index is -3.25. The number of benzene rings is 2. The molecule has 2 heterocycles. The molecule has 39 heavy (non-hydrogen) atoms. The van der Waals surface area contributed by atoms with E-state index in [1.165, 1.54) is 17.0 Å². The lowest BCUT2D eigenvalue weighted by Gasteiger charge is -2.36. The zero-order valence-corrected chi connectivity index (χ0v) is 21.3. The molecule has 4 rings (SSSR count). The Bertz CT molecular complexity index is 1310. The Labute approximate surface area is 224 Å². The summed E-state index contributed by atoms with van der Waals surface area (Å²) < 4.78 is 39.9. The average molecular weight is 540 g/mol. The molecule has 0 bridgehead atoms. The van der Waals surface area contributed by atoms with Gasteiger partial charge in [0.15, 0.2) is 5.78 Å². The second-order valence-electron chi connectivity index (χ2n) is 9.19. The van der Waals surface area contributed by atoms with Gasteiger partial charge in [-0.3, -0.25) is 19.5 Å². The van der Waals surface area contributed by atoms with Crippen molar-refractivity contribution in [2.45, 2.75) is 13.0 Å². The maximum Gasteiger partial charge on any atom is 0.324 e. The largest absolute Gasteiger partial charge is 0.344 e. The van der Waals surface area contributed by atoms with Crippen LogP contribution >= 0.6 is 0 Å². The molecule has 1 aromatic heterocycles. The fraction of sp³-hybridized carbons (Fsp3) is 0.286. The molecule has 1 N–H and O–H groups in total. The van der Waals surface area contributed by atoms with Gasteiger partial charge in [0.2, 0.25) is 0 Å². The number of carbonyl (C=O) groups excluding carboxylic acids is 3. The minimum Gasteiger partial charge on any atom is -0.344 e. The summed E-state index contributed by atoms with van der Waals surface area (Å²) in [5, 5.41) is 1.81. The Hall–Kier alpha value is -4.25. The number of anilines is 1. The summed E-state index contributed by atoms with van der Waals surface area (Å²) in [6.45, 7) is 1.71. The van der Waals surface area contributed by atoms with Gasteiger partial charge in [0.05, 0.1) is 13.1 Å². The molecule has 0 saturated carbocycles. The van der Waals surface area contributed by atoms with E-state index in [4.69, 9.17) is 0 Å².